The number of ketones is 1. The molecule has 1 N–H and O–H groups in total. The number of Topliss-reactive ketones (excluding diaryl/α,β-unsaturated/α-hetero) is 1. The monoisotopic (exact) mass is 482 g/mol. The molecule has 1 amide bonds. The number of nitrogens with zero attached hydrogens (tertiary/aromatic N) is 2. The molecular formula is C27H34N2O6. The van der Waals surface area contributed by atoms with E-state index < -0.39 is 17.7 Å². The Bertz CT molecular complexity index is 1120. The summed E-state index contributed by atoms with van der Waals surface area (Å²) in [5.74, 6) is 0.139. The molecule has 3 rings (SSSR count). The van der Waals surface area contributed by atoms with E-state index in [1.165, 1.54) is 12.0 Å². The number of aliphatic hydroxyl groups excluding tert-OH is 1. The zero-order valence-electron chi connectivity index (χ0n) is 21.3. The van der Waals surface area contributed by atoms with Crippen LogP contribution in [-0.4, -0.2) is 74.6 Å². The predicted molar refractivity (Wildman–Crippen MR) is 134 cm³/mol. The Morgan fingerprint density at radius 1 is 1.06 bits per heavy atom. The second-order valence-electron chi connectivity index (χ2n) is 8.67. The van der Waals surface area contributed by atoms with Crippen LogP contribution in [0.2, 0.25) is 0 Å². The average molecular weight is 483 g/mol. The van der Waals surface area contributed by atoms with Gasteiger partial charge >= 0.3 is 0 Å². The van der Waals surface area contributed by atoms with Crippen LogP contribution < -0.4 is 14.2 Å². The number of likely N-dealkylation sites (tertiary alicyclic amines) is 1. The highest BCUT2D eigenvalue weighted by molar-refractivity contribution is 6.46. The van der Waals surface area contributed by atoms with Crippen molar-refractivity contribution in [3.63, 3.8) is 0 Å². The van der Waals surface area contributed by atoms with Crippen LogP contribution in [0, 0.1) is 6.92 Å². The van der Waals surface area contributed by atoms with Crippen LogP contribution in [0.15, 0.2) is 42.0 Å². The molecule has 1 saturated heterocycles. The van der Waals surface area contributed by atoms with Gasteiger partial charge in [0, 0.05) is 12.1 Å². The first kappa shape index (κ1) is 26.1. The first-order valence-electron chi connectivity index (χ1n) is 11.6. The number of hydrogen-bond donors (Lipinski definition) is 1. The molecule has 2 aromatic carbocycles. The molecule has 1 atom stereocenters. The van der Waals surface area contributed by atoms with Crippen LogP contribution in [0.25, 0.3) is 5.76 Å². The van der Waals surface area contributed by atoms with E-state index in [9.17, 15) is 14.7 Å². The van der Waals surface area contributed by atoms with E-state index in [0.717, 1.165) is 12.1 Å². The molecule has 1 fully saturated rings. The highest BCUT2D eigenvalue weighted by Crippen LogP contribution is 2.42. The van der Waals surface area contributed by atoms with Gasteiger partial charge in [0.25, 0.3) is 11.7 Å². The molecule has 0 unspecified atom stereocenters. The summed E-state index contributed by atoms with van der Waals surface area (Å²) in [6, 6.07) is 9.74. The van der Waals surface area contributed by atoms with Crippen molar-refractivity contribution in [2.75, 3.05) is 48.0 Å². The third kappa shape index (κ3) is 5.43. The highest BCUT2D eigenvalue weighted by Gasteiger charge is 2.46. The van der Waals surface area contributed by atoms with E-state index in [1.807, 2.05) is 32.8 Å². The van der Waals surface area contributed by atoms with Crippen LogP contribution >= 0.6 is 0 Å². The Kier molecular flexibility index (Phi) is 8.40. The van der Waals surface area contributed by atoms with Gasteiger partial charge in [-0.3, -0.25) is 9.59 Å². The average Bonchev–Trinajstić information content (AvgIpc) is 3.08. The van der Waals surface area contributed by atoms with Crippen molar-refractivity contribution in [1.82, 2.24) is 9.80 Å². The summed E-state index contributed by atoms with van der Waals surface area (Å²) < 4.78 is 16.4. The predicted octanol–water partition coefficient (Wildman–Crippen LogP) is 3.78. The molecule has 188 valence electrons. The van der Waals surface area contributed by atoms with E-state index >= 15 is 0 Å². The molecule has 0 radical (unpaired) electrons. The van der Waals surface area contributed by atoms with Gasteiger partial charge in [0.05, 0.1) is 32.4 Å². The standard InChI is InChI=1S/C27H34N2O6/c1-7-35-21-12-9-18(16-22(21)34-6)24-23(25(30)20-11-10-19(33-5)15-17(20)2)26(31)27(32)29(24)14-8-13-28(3)4/h9-12,15-16,24,30H,7-8,13-14H2,1-6H3/t24-/m0/s1. The van der Waals surface area contributed by atoms with Gasteiger partial charge < -0.3 is 29.1 Å². The normalized spacial score (nSPS) is 17.2. The number of ether oxygens (including phenoxy) is 3. The minimum Gasteiger partial charge on any atom is -0.507 e. The maximum Gasteiger partial charge on any atom is 0.295 e. The van der Waals surface area contributed by atoms with Gasteiger partial charge in [-0.2, -0.15) is 0 Å². The first-order valence-corrected chi connectivity index (χ1v) is 11.6. The maximum atomic E-state index is 13.3. The lowest BCUT2D eigenvalue weighted by Crippen LogP contribution is -2.32. The Balaban J connectivity index is 2.16. The molecular weight excluding hydrogens is 448 g/mol. The molecule has 35 heavy (non-hydrogen) atoms. The van der Waals surface area contributed by atoms with Crippen LogP contribution in [0.4, 0.5) is 0 Å². The molecule has 1 heterocycles. The second kappa shape index (κ2) is 11.3. The zero-order valence-corrected chi connectivity index (χ0v) is 21.3. The molecule has 2 aromatic rings. The number of carbonyl (C=O) groups excluding carboxylic acids is 2. The SMILES string of the molecule is CCOc1ccc([C@H]2C(=C(O)c3ccc(OC)cc3C)C(=O)C(=O)N2CCCN(C)C)cc1OC. The quantitative estimate of drug-likeness (QED) is 0.313. The lowest BCUT2D eigenvalue weighted by molar-refractivity contribution is -0.139. The molecule has 8 nitrogen and oxygen atoms in total. The van der Waals surface area contributed by atoms with Crippen molar-refractivity contribution in [2.24, 2.45) is 0 Å². The Morgan fingerprint density at radius 2 is 1.80 bits per heavy atom. The third-order valence-corrected chi connectivity index (χ3v) is 6.04. The van der Waals surface area contributed by atoms with Crippen molar-refractivity contribution in [3.05, 3.63) is 58.7 Å². The minimum absolute atomic E-state index is 0.0549. The number of amides is 1. The van der Waals surface area contributed by atoms with Gasteiger partial charge in [-0.25, -0.2) is 0 Å². The number of methoxy groups -OCH3 is 2. The Morgan fingerprint density at radius 3 is 2.40 bits per heavy atom. The fourth-order valence-electron chi connectivity index (χ4n) is 4.32. The fraction of sp³-hybridized carbons (Fsp3) is 0.407. The van der Waals surface area contributed by atoms with Gasteiger partial charge in [-0.05, 0) is 82.4 Å². The number of aryl methyl sites for hydroxylation is 1. The van der Waals surface area contributed by atoms with Crippen LogP contribution in [0.1, 0.15) is 36.1 Å². The van der Waals surface area contributed by atoms with Gasteiger partial charge in [-0.1, -0.05) is 6.07 Å². The lowest BCUT2D eigenvalue weighted by Gasteiger charge is -2.26. The van der Waals surface area contributed by atoms with Crippen LogP contribution in [0.3, 0.4) is 0 Å². The molecule has 0 aliphatic carbocycles. The van der Waals surface area contributed by atoms with E-state index in [-0.39, 0.29) is 11.3 Å². The topological polar surface area (TPSA) is 88.5 Å². The molecule has 0 spiro atoms. The smallest absolute Gasteiger partial charge is 0.295 e. The summed E-state index contributed by atoms with van der Waals surface area (Å²) >= 11 is 0. The Labute approximate surface area is 206 Å². The van der Waals surface area contributed by atoms with Crippen LogP contribution in [-0.2, 0) is 9.59 Å². The molecule has 0 bridgehead atoms. The number of hydrogen-bond acceptors (Lipinski definition) is 7. The van der Waals surface area contributed by atoms with E-state index in [2.05, 4.69) is 0 Å². The maximum absolute atomic E-state index is 13.3. The largest absolute Gasteiger partial charge is 0.507 e. The van der Waals surface area contributed by atoms with Gasteiger partial charge in [0.1, 0.15) is 11.5 Å². The number of aliphatic hydroxyl groups is 1. The molecule has 8 heteroatoms. The fourth-order valence-corrected chi connectivity index (χ4v) is 4.32. The first-order chi connectivity index (χ1) is 16.7. The zero-order chi connectivity index (χ0) is 25.7. The Hall–Kier alpha value is -3.52. The van der Waals surface area contributed by atoms with E-state index in [0.29, 0.717) is 47.9 Å². The van der Waals surface area contributed by atoms with E-state index in [1.54, 1.807) is 43.5 Å². The van der Waals surface area contributed by atoms with E-state index in [4.69, 9.17) is 14.2 Å². The summed E-state index contributed by atoms with van der Waals surface area (Å²) in [5.41, 5.74) is 1.91. The summed E-state index contributed by atoms with van der Waals surface area (Å²) in [5, 5.41) is 11.4. The molecule has 0 aromatic heterocycles. The highest BCUT2D eigenvalue weighted by atomic mass is 16.5. The summed E-state index contributed by atoms with van der Waals surface area (Å²) in [7, 11) is 7.01. The lowest BCUT2D eigenvalue weighted by atomic mass is 9.93. The van der Waals surface area contributed by atoms with Crippen LogP contribution in [0.5, 0.6) is 17.2 Å². The van der Waals surface area contributed by atoms with Crippen molar-refractivity contribution < 1.29 is 28.9 Å². The number of carbonyl (C=O) groups is 2. The van der Waals surface area contributed by atoms with Crippen molar-refractivity contribution in [2.45, 2.75) is 26.3 Å². The molecule has 1 aliphatic heterocycles. The summed E-state index contributed by atoms with van der Waals surface area (Å²) in [4.78, 5) is 30.0. The third-order valence-electron chi connectivity index (χ3n) is 6.04. The van der Waals surface area contributed by atoms with Crippen molar-refractivity contribution in [1.29, 1.82) is 0 Å². The molecule has 0 saturated carbocycles. The number of rotatable bonds is 10. The number of benzene rings is 2. The van der Waals surface area contributed by atoms with Gasteiger partial charge in [-0.15, -0.1) is 0 Å². The molecule has 1 aliphatic rings. The minimum atomic E-state index is -0.761. The van der Waals surface area contributed by atoms with Crippen molar-refractivity contribution >= 4 is 17.4 Å². The second-order valence-corrected chi connectivity index (χ2v) is 8.67. The van der Waals surface area contributed by atoms with Gasteiger partial charge in [0.15, 0.2) is 11.5 Å². The summed E-state index contributed by atoms with van der Waals surface area (Å²) in [6.45, 7) is 5.28. The van der Waals surface area contributed by atoms with Crippen molar-refractivity contribution in [3.8, 4) is 17.2 Å². The summed E-state index contributed by atoms with van der Waals surface area (Å²) in [6.07, 6.45) is 0.673. The van der Waals surface area contributed by atoms with Gasteiger partial charge in [0.2, 0.25) is 0 Å².